The van der Waals surface area contributed by atoms with Crippen molar-refractivity contribution in [1.29, 1.82) is 0 Å². The topological polar surface area (TPSA) is 73.2 Å². The van der Waals surface area contributed by atoms with Gasteiger partial charge in [-0.15, -0.1) is 0 Å². The van der Waals surface area contributed by atoms with Gasteiger partial charge in [0.2, 0.25) is 5.91 Å². The monoisotopic (exact) mass is 437 g/mol. The molecule has 1 N–H and O–H groups in total. The van der Waals surface area contributed by atoms with Gasteiger partial charge in [0.05, 0.1) is 21.9 Å². The first-order chi connectivity index (χ1) is 13.4. The van der Waals surface area contributed by atoms with Crippen LogP contribution >= 0.6 is 34.8 Å². The molecule has 6 nitrogen and oxygen atoms in total. The zero-order valence-corrected chi connectivity index (χ0v) is 16.6. The van der Waals surface area contributed by atoms with Crippen LogP contribution in [0.2, 0.25) is 15.1 Å². The molecule has 1 amide bonds. The van der Waals surface area contributed by atoms with E-state index in [1.165, 1.54) is 18.2 Å². The summed E-state index contributed by atoms with van der Waals surface area (Å²) in [4.78, 5) is 28.4. The van der Waals surface area contributed by atoms with Crippen LogP contribution in [0.25, 0.3) is 0 Å². The zero-order valence-electron chi connectivity index (χ0n) is 14.4. The maximum atomic E-state index is 12.4. The lowest BCUT2D eigenvalue weighted by Gasteiger charge is -2.10. The standard InChI is InChI=1S/C19H14Cl3N3O3/c20-13-9-15(21)18(16(22)10-13)28-19(27)12-2-1-3-14(8-12)24-17(26)4-6-25-7-5-23-11-25/h1-3,5,7-11H,4,6H2,(H,24,26). The van der Waals surface area contributed by atoms with E-state index < -0.39 is 5.97 Å². The number of carbonyl (C=O) groups excluding carboxylic acids is 2. The highest BCUT2D eigenvalue weighted by molar-refractivity contribution is 6.40. The Morgan fingerprint density at radius 1 is 1.11 bits per heavy atom. The van der Waals surface area contributed by atoms with Gasteiger partial charge in [0.25, 0.3) is 0 Å². The molecule has 28 heavy (non-hydrogen) atoms. The number of carbonyl (C=O) groups is 2. The fraction of sp³-hybridized carbons (Fsp3) is 0.105. The second-order valence-corrected chi connectivity index (χ2v) is 7.02. The second kappa shape index (κ2) is 9.10. The summed E-state index contributed by atoms with van der Waals surface area (Å²) < 4.78 is 7.09. The molecule has 9 heteroatoms. The third-order valence-corrected chi connectivity index (χ3v) is 4.48. The summed E-state index contributed by atoms with van der Waals surface area (Å²) in [5.74, 6) is -0.837. The molecule has 0 saturated carbocycles. The van der Waals surface area contributed by atoms with E-state index in [4.69, 9.17) is 39.5 Å². The minimum absolute atomic E-state index is 0.0208. The quantitative estimate of drug-likeness (QED) is 0.430. The average molecular weight is 439 g/mol. The lowest BCUT2D eigenvalue weighted by Crippen LogP contribution is -2.15. The Morgan fingerprint density at radius 3 is 2.54 bits per heavy atom. The smallest absolute Gasteiger partial charge is 0.343 e. The van der Waals surface area contributed by atoms with Crippen molar-refractivity contribution in [1.82, 2.24) is 9.55 Å². The molecule has 3 rings (SSSR count). The van der Waals surface area contributed by atoms with Crippen LogP contribution in [0.4, 0.5) is 5.69 Å². The van der Waals surface area contributed by atoms with Gasteiger partial charge in [0, 0.05) is 36.1 Å². The number of benzene rings is 2. The highest BCUT2D eigenvalue weighted by Crippen LogP contribution is 2.36. The summed E-state index contributed by atoms with van der Waals surface area (Å²) in [5.41, 5.74) is 0.702. The molecule has 144 valence electrons. The third-order valence-electron chi connectivity index (χ3n) is 3.70. The normalized spacial score (nSPS) is 10.5. The van der Waals surface area contributed by atoms with E-state index in [0.29, 0.717) is 17.3 Å². The number of anilines is 1. The Morgan fingerprint density at radius 2 is 1.86 bits per heavy atom. The number of hydrogen-bond donors (Lipinski definition) is 1. The number of nitrogens with one attached hydrogen (secondary N) is 1. The first-order valence-corrected chi connectivity index (χ1v) is 9.28. The summed E-state index contributed by atoms with van der Waals surface area (Å²) in [7, 11) is 0. The maximum absolute atomic E-state index is 12.4. The predicted octanol–water partition coefficient (Wildman–Crippen LogP) is 5.09. The Hall–Kier alpha value is -2.54. The van der Waals surface area contributed by atoms with Gasteiger partial charge in [-0.2, -0.15) is 0 Å². The third kappa shape index (κ3) is 5.25. The van der Waals surface area contributed by atoms with Gasteiger partial charge >= 0.3 is 5.97 Å². The average Bonchev–Trinajstić information content (AvgIpc) is 3.16. The molecule has 1 aromatic heterocycles. The highest BCUT2D eigenvalue weighted by atomic mass is 35.5. The molecule has 0 spiro atoms. The summed E-state index contributed by atoms with van der Waals surface area (Å²) >= 11 is 17.9. The number of hydrogen-bond acceptors (Lipinski definition) is 4. The van der Waals surface area contributed by atoms with Crippen molar-refractivity contribution < 1.29 is 14.3 Å². The van der Waals surface area contributed by atoms with E-state index in [1.807, 2.05) is 0 Å². The van der Waals surface area contributed by atoms with Crippen LogP contribution in [-0.4, -0.2) is 21.4 Å². The number of esters is 1. The van der Waals surface area contributed by atoms with Gasteiger partial charge in [-0.1, -0.05) is 40.9 Å². The molecule has 0 aliphatic heterocycles. The van der Waals surface area contributed by atoms with E-state index >= 15 is 0 Å². The van der Waals surface area contributed by atoms with E-state index in [9.17, 15) is 9.59 Å². The number of aryl methyl sites for hydroxylation is 1. The van der Waals surface area contributed by atoms with Gasteiger partial charge in [0.1, 0.15) is 0 Å². The van der Waals surface area contributed by atoms with Crippen LogP contribution in [0.3, 0.4) is 0 Å². The molecule has 2 aromatic carbocycles. The maximum Gasteiger partial charge on any atom is 0.343 e. The molecule has 0 unspecified atom stereocenters. The number of rotatable bonds is 6. The summed E-state index contributed by atoms with van der Waals surface area (Å²) in [6.07, 6.45) is 5.32. The van der Waals surface area contributed by atoms with Crippen LogP contribution in [0.15, 0.2) is 55.1 Å². The first-order valence-electron chi connectivity index (χ1n) is 8.15. The van der Waals surface area contributed by atoms with Crippen LogP contribution < -0.4 is 10.1 Å². The molecule has 3 aromatic rings. The lowest BCUT2D eigenvalue weighted by atomic mass is 10.2. The van der Waals surface area contributed by atoms with E-state index in [-0.39, 0.29) is 33.7 Å². The van der Waals surface area contributed by atoms with Crippen LogP contribution in [0.1, 0.15) is 16.8 Å². The van der Waals surface area contributed by atoms with Crippen molar-refractivity contribution in [2.24, 2.45) is 0 Å². The minimum atomic E-state index is -0.666. The van der Waals surface area contributed by atoms with E-state index in [2.05, 4.69) is 10.3 Å². The molecule has 0 aliphatic carbocycles. The molecule has 0 fully saturated rings. The number of ether oxygens (including phenoxy) is 1. The SMILES string of the molecule is O=C(CCn1ccnc1)Nc1cccc(C(=O)Oc2c(Cl)cc(Cl)cc2Cl)c1. The van der Waals surface area contributed by atoms with Crippen molar-refractivity contribution >= 4 is 52.4 Å². The van der Waals surface area contributed by atoms with Gasteiger partial charge in [0.15, 0.2) is 5.75 Å². The molecular weight excluding hydrogens is 425 g/mol. The number of imidazole rings is 1. The fourth-order valence-corrected chi connectivity index (χ4v) is 3.27. The summed E-state index contributed by atoms with van der Waals surface area (Å²) in [6.45, 7) is 0.501. The lowest BCUT2D eigenvalue weighted by molar-refractivity contribution is -0.116. The molecule has 0 bridgehead atoms. The van der Waals surface area contributed by atoms with Crippen molar-refractivity contribution in [2.75, 3.05) is 5.32 Å². The molecule has 0 atom stereocenters. The number of nitrogens with zero attached hydrogens (tertiary/aromatic N) is 2. The number of amides is 1. The largest absolute Gasteiger partial charge is 0.420 e. The number of halogens is 3. The van der Waals surface area contributed by atoms with E-state index in [1.54, 1.807) is 41.5 Å². The van der Waals surface area contributed by atoms with Crippen molar-refractivity contribution in [3.63, 3.8) is 0 Å². The van der Waals surface area contributed by atoms with Gasteiger partial charge in [-0.05, 0) is 30.3 Å². The Kier molecular flexibility index (Phi) is 6.57. The molecular formula is C19H14Cl3N3O3. The fourth-order valence-electron chi connectivity index (χ4n) is 2.38. The van der Waals surface area contributed by atoms with Crippen molar-refractivity contribution in [3.8, 4) is 5.75 Å². The zero-order chi connectivity index (χ0) is 20.1. The van der Waals surface area contributed by atoms with Gasteiger partial charge in [-0.25, -0.2) is 9.78 Å². The molecule has 0 aliphatic rings. The molecule has 0 saturated heterocycles. The van der Waals surface area contributed by atoms with Crippen molar-refractivity contribution in [2.45, 2.75) is 13.0 Å². The van der Waals surface area contributed by atoms with Crippen molar-refractivity contribution in [3.05, 3.63) is 75.8 Å². The van der Waals surface area contributed by atoms with Gasteiger partial charge in [-0.3, -0.25) is 4.79 Å². The van der Waals surface area contributed by atoms with Crippen LogP contribution in [0.5, 0.6) is 5.75 Å². The summed E-state index contributed by atoms with van der Waals surface area (Å²) in [6, 6.07) is 9.22. The number of aromatic nitrogens is 2. The Balaban J connectivity index is 1.65. The summed E-state index contributed by atoms with van der Waals surface area (Å²) in [5, 5.41) is 3.31. The van der Waals surface area contributed by atoms with Crippen LogP contribution in [-0.2, 0) is 11.3 Å². The first kappa shape index (κ1) is 20.2. The predicted molar refractivity (Wildman–Crippen MR) is 108 cm³/mol. The highest BCUT2D eigenvalue weighted by Gasteiger charge is 2.16. The molecule has 1 heterocycles. The van der Waals surface area contributed by atoms with Crippen LogP contribution in [0, 0.1) is 0 Å². The van der Waals surface area contributed by atoms with Gasteiger partial charge < -0.3 is 14.6 Å². The Bertz CT molecular complexity index is 984. The second-order valence-electron chi connectivity index (χ2n) is 5.77. The van der Waals surface area contributed by atoms with E-state index in [0.717, 1.165) is 0 Å². The minimum Gasteiger partial charge on any atom is -0.420 e. The Labute approximate surface area is 176 Å². The molecule has 0 radical (unpaired) electrons.